The molecule has 122 valence electrons. The van der Waals surface area contributed by atoms with Gasteiger partial charge < -0.3 is 25.4 Å². The number of aromatic amines is 1. The summed E-state index contributed by atoms with van der Waals surface area (Å²) in [5.41, 5.74) is 5.52. The molecule has 2 aromatic rings. The van der Waals surface area contributed by atoms with Gasteiger partial charge in [0, 0.05) is 0 Å². The molecule has 5 N–H and O–H groups in total. The molecule has 0 spiro atoms. The molecular formula is C13H15N5O5. The van der Waals surface area contributed by atoms with Crippen molar-refractivity contribution in [2.75, 3.05) is 18.9 Å². The van der Waals surface area contributed by atoms with Gasteiger partial charge in [0.25, 0.3) is 0 Å². The number of nitrogens with zero attached hydrogens (tertiary/aromatic N) is 3. The Kier molecular flexibility index (Phi) is 4.01. The second-order valence-corrected chi connectivity index (χ2v) is 5.00. The number of imidazole rings is 1. The van der Waals surface area contributed by atoms with Gasteiger partial charge in [-0.05, 0) is 0 Å². The maximum atomic E-state index is 11.5. The largest absolute Gasteiger partial charge is 0.394 e. The second-order valence-electron chi connectivity index (χ2n) is 5.00. The van der Waals surface area contributed by atoms with Crippen LogP contribution in [0.3, 0.4) is 0 Å². The summed E-state index contributed by atoms with van der Waals surface area (Å²) in [6, 6.07) is 0. The van der Waals surface area contributed by atoms with Crippen LogP contribution in [0.15, 0.2) is 11.1 Å². The van der Waals surface area contributed by atoms with Crippen molar-refractivity contribution in [1.29, 1.82) is 0 Å². The number of nitrogen functional groups attached to an aromatic ring is 1. The molecule has 0 amide bonds. The van der Waals surface area contributed by atoms with Crippen molar-refractivity contribution in [2.45, 2.75) is 24.5 Å². The number of aromatic nitrogens is 4. The van der Waals surface area contributed by atoms with Crippen LogP contribution in [0.25, 0.3) is 11.2 Å². The van der Waals surface area contributed by atoms with E-state index in [-0.39, 0.29) is 23.6 Å². The van der Waals surface area contributed by atoms with E-state index in [1.165, 1.54) is 10.9 Å². The first-order chi connectivity index (χ1) is 11.1. The third kappa shape index (κ3) is 2.55. The lowest BCUT2D eigenvalue weighted by Gasteiger charge is -2.20. The fourth-order valence-corrected chi connectivity index (χ4v) is 2.56. The van der Waals surface area contributed by atoms with Crippen LogP contribution in [0.1, 0.15) is 6.23 Å². The molecule has 0 saturated carbocycles. The van der Waals surface area contributed by atoms with Crippen molar-refractivity contribution in [1.82, 2.24) is 19.5 Å². The molecule has 10 nitrogen and oxygen atoms in total. The number of H-pyrrole nitrogens is 1. The number of nitrogens with one attached hydrogen (secondary N) is 1. The summed E-state index contributed by atoms with van der Waals surface area (Å²) in [5, 5.41) is 19.5. The van der Waals surface area contributed by atoms with Gasteiger partial charge in [-0.1, -0.05) is 5.92 Å². The number of aliphatic hydroxyl groups excluding tert-OH is 2. The average Bonchev–Trinajstić information content (AvgIpc) is 3.06. The first-order valence-corrected chi connectivity index (χ1v) is 6.78. The highest BCUT2D eigenvalue weighted by Gasteiger charge is 2.45. The van der Waals surface area contributed by atoms with E-state index in [1.54, 1.807) is 0 Å². The SMILES string of the molecule is C#CCO[C@@H]1[C@H](O)[C@@H](CO)O[C@H]1n1cnc2c(N)[nH]c(=O)nc21. The Labute approximate surface area is 129 Å². The molecule has 2 aromatic heterocycles. The topological polar surface area (TPSA) is 149 Å². The van der Waals surface area contributed by atoms with Crippen molar-refractivity contribution < 1.29 is 19.7 Å². The van der Waals surface area contributed by atoms with E-state index >= 15 is 0 Å². The normalized spacial score (nSPS) is 27.3. The summed E-state index contributed by atoms with van der Waals surface area (Å²) in [6.45, 7) is -0.459. The van der Waals surface area contributed by atoms with Crippen LogP contribution in [0, 0.1) is 12.3 Å². The monoisotopic (exact) mass is 321 g/mol. The fourth-order valence-electron chi connectivity index (χ4n) is 2.56. The molecule has 0 bridgehead atoms. The molecule has 1 fully saturated rings. The first kappa shape index (κ1) is 15.4. The number of terminal acetylenes is 1. The molecule has 10 heteroatoms. The van der Waals surface area contributed by atoms with Crippen molar-refractivity contribution >= 4 is 17.0 Å². The molecular weight excluding hydrogens is 306 g/mol. The second kappa shape index (κ2) is 5.98. The number of hydrogen-bond acceptors (Lipinski definition) is 8. The average molecular weight is 321 g/mol. The smallest absolute Gasteiger partial charge is 0.348 e. The van der Waals surface area contributed by atoms with Crippen LogP contribution < -0.4 is 11.4 Å². The molecule has 1 saturated heterocycles. The summed E-state index contributed by atoms with van der Waals surface area (Å²) >= 11 is 0. The third-order valence-electron chi connectivity index (χ3n) is 3.60. The number of hydrogen-bond donors (Lipinski definition) is 4. The molecule has 4 atom stereocenters. The Morgan fingerprint density at radius 2 is 2.39 bits per heavy atom. The number of ether oxygens (including phenoxy) is 2. The third-order valence-corrected chi connectivity index (χ3v) is 3.60. The van der Waals surface area contributed by atoms with Gasteiger partial charge in [-0.2, -0.15) is 4.98 Å². The van der Waals surface area contributed by atoms with Gasteiger partial charge in [-0.3, -0.25) is 9.55 Å². The van der Waals surface area contributed by atoms with Crippen LogP contribution in [0.5, 0.6) is 0 Å². The van der Waals surface area contributed by atoms with Crippen LogP contribution in [-0.2, 0) is 9.47 Å². The number of fused-ring (bicyclic) bond motifs is 1. The van der Waals surface area contributed by atoms with Crippen LogP contribution >= 0.6 is 0 Å². The van der Waals surface area contributed by atoms with Gasteiger partial charge in [0.2, 0.25) is 0 Å². The van der Waals surface area contributed by atoms with Crippen LogP contribution in [0.2, 0.25) is 0 Å². The zero-order valence-corrected chi connectivity index (χ0v) is 11.9. The molecule has 3 heterocycles. The minimum Gasteiger partial charge on any atom is -0.394 e. The summed E-state index contributed by atoms with van der Waals surface area (Å²) < 4.78 is 12.4. The molecule has 0 unspecified atom stereocenters. The fraction of sp³-hybridized carbons (Fsp3) is 0.462. The minimum atomic E-state index is -1.10. The van der Waals surface area contributed by atoms with Crippen LogP contribution in [0.4, 0.5) is 5.82 Å². The first-order valence-electron chi connectivity index (χ1n) is 6.78. The summed E-state index contributed by atoms with van der Waals surface area (Å²) in [6.07, 6.45) is 2.85. The van der Waals surface area contributed by atoms with E-state index in [4.69, 9.17) is 21.6 Å². The lowest BCUT2D eigenvalue weighted by atomic mass is 10.1. The van der Waals surface area contributed by atoms with Gasteiger partial charge in [0.1, 0.15) is 36.3 Å². The van der Waals surface area contributed by atoms with E-state index in [1.807, 2.05) is 0 Å². The summed E-state index contributed by atoms with van der Waals surface area (Å²) in [4.78, 5) is 21.8. The Bertz CT molecular complexity index is 809. The van der Waals surface area contributed by atoms with Gasteiger partial charge in [0.05, 0.1) is 12.9 Å². The number of aliphatic hydroxyl groups is 2. The maximum Gasteiger partial charge on any atom is 0.348 e. The number of nitrogens with two attached hydrogens (primary N) is 1. The minimum absolute atomic E-state index is 0.0531. The summed E-state index contributed by atoms with van der Waals surface area (Å²) in [7, 11) is 0. The Balaban J connectivity index is 2.05. The highest BCUT2D eigenvalue weighted by Crippen LogP contribution is 2.33. The lowest BCUT2D eigenvalue weighted by molar-refractivity contribution is -0.0636. The highest BCUT2D eigenvalue weighted by atomic mass is 16.6. The predicted molar refractivity (Wildman–Crippen MR) is 78.1 cm³/mol. The van der Waals surface area contributed by atoms with Crippen molar-refractivity contribution in [2.24, 2.45) is 0 Å². The van der Waals surface area contributed by atoms with E-state index < -0.39 is 36.8 Å². The van der Waals surface area contributed by atoms with Gasteiger partial charge >= 0.3 is 5.69 Å². The highest BCUT2D eigenvalue weighted by molar-refractivity contribution is 5.81. The van der Waals surface area contributed by atoms with E-state index in [0.29, 0.717) is 0 Å². The molecule has 0 aromatic carbocycles. The van der Waals surface area contributed by atoms with Gasteiger partial charge in [-0.25, -0.2) is 9.78 Å². The van der Waals surface area contributed by atoms with E-state index in [0.717, 1.165) is 0 Å². The van der Waals surface area contributed by atoms with E-state index in [2.05, 4.69) is 20.9 Å². The Morgan fingerprint density at radius 3 is 3.09 bits per heavy atom. The predicted octanol–water partition coefficient (Wildman–Crippen LogP) is -2.03. The molecule has 1 aliphatic heterocycles. The molecule has 3 rings (SSSR count). The number of rotatable bonds is 4. The zero-order valence-electron chi connectivity index (χ0n) is 11.9. The van der Waals surface area contributed by atoms with Gasteiger partial charge in [-0.15, -0.1) is 6.42 Å². The number of anilines is 1. The lowest BCUT2D eigenvalue weighted by Crippen LogP contribution is -2.35. The quantitative estimate of drug-likeness (QED) is 0.471. The molecule has 0 aliphatic carbocycles. The standard InChI is InChI=1S/C13H15N5O5/c1-2-3-22-9-8(20)6(4-19)23-12(9)18-5-15-7-10(14)16-13(21)17-11(7)18/h1,5-6,8-9,12,19-20H,3-4H2,(H3,14,16,17,21)/t6-,8-,9-,12-/m1/s1. The zero-order chi connectivity index (χ0) is 16.6. The van der Waals surface area contributed by atoms with Crippen molar-refractivity contribution in [3.8, 4) is 12.3 Å². The van der Waals surface area contributed by atoms with Crippen molar-refractivity contribution in [3.05, 3.63) is 16.8 Å². The maximum absolute atomic E-state index is 11.5. The Morgan fingerprint density at radius 1 is 1.61 bits per heavy atom. The molecule has 1 aliphatic rings. The Hall–Kier alpha value is -2.45. The molecule has 0 radical (unpaired) electrons. The van der Waals surface area contributed by atoms with Crippen molar-refractivity contribution in [3.63, 3.8) is 0 Å². The molecule has 23 heavy (non-hydrogen) atoms. The van der Waals surface area contributed by atoms with E-state index in [9.17, 15) is 15.0 Å². The van der Waals surface area contributed by atoms with Gasteiger partial charge in [0.15, 0.2) is 11.9 Å². The van der Waals surface area contributed by atoms with Crippen LogP contribution in [-0.4, -0.2) is 61.3 Å². The summed E-state index contributed by atoms with van der Waals surface area (Å²) in [5.74, 6) is 2.37.